The Labute approximate surface area is 114 Å². The van der Waals surface area contributed by atoms with Crippen LogP contribution in [-0.4, -0.2) is 34.9 Å². The van der Waals surface area contributed by atoms with Gasteiger partial charge in [-0.3, -0.25) is 4.79 Å². The topological polar surface area (TPSA) is 46.6 Å². The molecule has 5 heteroatoms. The van der Waals surface area contributed by atoms with Gasteiger partial charge in [0, 0.05) is 13.0 Å². The van der Waals surface area contributed by atoms with E-state index in [2.05, 4.69) is 0 Å². The van der Waals surface area contributed by atoms with E-state index in [0.717, 1.165) is 25.7 Å². The minimum atomic E-state index is -1.41. The molecule has 1 rings (SSSR count). The Morgan fingerprint density at radius 3 is 2.11 bits per heavy atom. The number of rotatable bonds is 3. The van der Waals surface area contributed by atoms with Crippen LogP contribution in [0.4, 0.5) is 0 Å². The molecule has 0 bridgehead atoms. The number of hydrogen-bond donors (Lipinski definition) is 0. The smallest absolute Gasteiger partial charge is 0.347 e. The van der Waals surface area contributed by atoms with Crippen molar-refractivity contribution in [2.75, 3.05) is 7.11 Å². The van der Waals surface area contributed by atoms with Crippen molar-refractivity contribution in [1.82, 2.24) is 4.90 Å². The van der Waals surface area contributed by atoms with Crippen molar-refractivity contribution in [1.29, 1.82) is 0 Å². The summed E-state index contributed by atoms with van der Waals surface area (Å²) in [4.78, 5) is 23.7. The predicted octanol–water partition coefficient (Wildman–Crippen LogP) is 2.69. The molecular weight excluding hydrogens is 254 g/mol. The number of carbonyl (C=O) groups excluding carboxylic acids is 2. The molecule has 1 saturated carbocycles. The third-order valence-electron chi connectivity index (χ3n) is 3.54. The summed E-state index contributed by atoms with van der Waals surface area (Å²) in [5.74, 6) is -0.756. The average Bonchev–Trinajstić information content (AvgIpc) is 2.56. The van der Waals surface area contributed by atoms with Crippen LogP contribution in [0.2, 0.25) is 0 Å². The van der Waals surface area contributed by atoms with Crippen LogP contribution in [0, 0.1) is 0 Å². The zero-order chi connectivity index (χ0) is 13.8. The minimum Gasteiger partial charge on any atom is -0.466 e. The lowest BCUT2D eigenvalue weighted by atomic mass is 10.0. The molecule has 0 aromatic carbocycles. The summed E-state index contributed by atoms with van der Waals surface area (Å²) < 4.78 is 4.70. The van der Waals surface area contributed by atoms with Crippen molar-refractivity contribution in [3.8, 4) is 0 Å². The summed E-state index contributed by atoms with van der Waals surface area (Å²) in [5.41, 5.74) is 0. The lowest BCUT2D eigenvalue weighted by molar-refractivity contribution is -0.156. The van der Waals surface area contributed by atoms with E-state index in [-0.39, 0.29) is 11.9 Å². The Morgan fingerprint density at radius 1 is 1.22 bits per heavy atom. The molecule has 4 nitrogen and oxygen atoms in total. The molecule has 1 fully saturated rings. The molecule has 1 amide bonds. The van der Waals surface area contributed by atoms with Gasteiger partial charge < -0.3 is 9.64 Å². The van der Waals surface area contributed by atoms with Crippen molar-refractivity contribution in [3.05, 3.63) is 0 Å². The van der Waals surface area contributed by atoms with E-state index in [0.29, 0.717) is 0 Å². The van der Waals surface area contributed by atoms with Gasteiger partial charge in [0.2, 0.25) is 10.9 Å². The maximum absolute atomic E-state index is 11.9. The molecule has 0 spiro atoms. The number of hydrogen-bond acceptors (Lipinski definition) is 3. The highest BCUT2D eigenvalue weighted by Crippen LogP contribution is 2.31. The number of halogens is 1. The maximum atomic E-state index is 11.9. The van der Waals surface area contributed by atoms with Crippen LogP contribution in [0.5, 0.6) is 0 Å². The molecule has 0 N–H and O–H groups in total. The molecule has 18 heavy (non-hydrogen) atoms. The van der Waals surface area contributed by atoms with Crippen LogP contribution in [0.3, 0.4) is 0 Å². The number of methoxy groups -OCH3 is 1. The average molecular weight is 276 g/mol. The van der Waals surface area contributed by atoms with Crippen molar-refractivity contribution in [2.45, 2.75) is 63.4 Å². The summed E-state index contributed by atoms with van der Waals surface area (Å²) in [6.45, 7) is 2.99. The Hall–Kier alpha value is -0.770. The van der Waals surface area contributed by atoms with Crippen LogP contribution in [0.1, 0.15) is 52.4 Å². The predicted molar refractivity (Wildman–Crippen MR) is 70.3 cm³/mol. The van der Waals surface area contributed by atoms with Crippen LogP contribution < -0.4 is 0 Å². The van der Waals surface area contributed by atoms with Gasteiger partial charge in [-0.2, -0.15) is 0 Å². The normalized spacial score (nSPS) is 20.7. The summed E-state index contributed by atoms with van der Waals surface area (Å²) in [6, 6.07) is 0.0339. The van der Waals surface area contributed by atoms with Gasteiger partial charge in [0.1, 0.15) is 0 Å². The summed E-state index contributed by atoms with van der Waals surface area (Å²) in [6.07, 6.45) is 6.31. The van der Waals surface area contributed by atoms with Gasteiger partial charge in [-0.15, -0.1) is 0 Å². The number of alkyl halides is 1. The van der Waals surface area contributed by atoms with Crippen molar-refractivity contribution < 1.29 is 14.3 Å². The summed E-state index contributed by atoms with van der Waals surface area (Å²) >= 11 is 6.27. The highest BCUT2D eigenvalue weighted by Gasteiger charge is 2.43. The summed E-state index contributed by atoms with van der Waals surface area (Å²) in [7, 11) is 1.29. The van der Waals surface area contributed by atoms with Gasteiger partial charge in [0.05, 0.1) is 7.11 Å². The Kier molecular flexibility index (Phi) is 5.45. The molecule has 0 radical (unpaired) electrons. The van der Waals surface area contributed by atoms with E-state index in [1.54, 1.807) is 0 Å². The first-order valence-electron chi connectivity index (χ1n) is 6.48. The van der Waals surface area contributed by atoms with Crippen molar-refractivity contribution in [2.24, 2.45) is 0 Å². The highest BCUT2D eigenvalue weighted by molar-refractivity contribution is 6.34. The van der Waals surface area contributed by atoms with Gasteiger partial charge in [-0.05, 0) is 19.8 Å². The van der Waals surface area contributed by atoms with Crippen molar-refractivity contribution >= 4 is 23.5 Å². The fourth-order valence-electron chi connectivity index (χ4n) is 2.70. The molecule has 1 aliphatic rings. The van der Waals surface area contributed by atoms with Crippen LogP contribution in [0.25, 0.3) is 0 Å². The third kappa shape index (κ3) is 3.37. The van der Waals surface area contributed by atoms with Crippen molar-refractivity contribution in [3.63, 3.8) is 0 Å². The molecule has 1 aliphatic carbocycles. The van der Waals surface area contributed by atoms with E-state index in [1.807, 2.05) is 0 Å². The first-order chi connectivity index (χ1) is 8.41. The Bertz CT molecular complexity index is 309. The standard InChI is InChI=1S/C13H22ClNO3/c1-10(16)15(13(2,14)12(17)18-3)11-8-6-4-5-7-9-11/h11H,4-9H2,1-3H3/t13-/m0/s1. The monoisotopic (exact) mass is 275 g/mol. The van der Waals surface area contributed by atoms with Crippen LogP contribution in [-0.2, 0) is 14.3 Å². The second-order valence-electron chi connectivity index (χ2n) is 4.98. The van der Waals surface area contributed by atoms with E-state index in [1.165, 1.54) is 38.7 Å². The highest BCUT2D eigenvalue weighted by atomic mass is 35.5. The lowest BCUT2D eigenvalue weighted by Crippen LogP contribution is -2.55. The molecule has 0 aliphatic heterocycles. The SMILES string of the molecule is COC(=O)[C@@](C)(Cl)N(C(C)=O)C1CCCCCC1. The molecule has 104 valence electrons. The first kappa shape index (κ1) is 15.3. The van der Waals surface area contributed by atoms with E-state index < -0.39 is 11.0 Å². The van der Waals surface area contributed by atoms with Gasteiger partial charge in [-0.25, -0.2) is 4.79 Å². The fourth-order valence-corrected chi connectivity index (χ4v) is 3.03. The van der Waals surface area contributed by atoms with E-state index in [4.69, 9.17) is 16.3 Å². The Morgan fingerprint density at radius 2 is 1.72 bits per heavy atom. The Balaban J connectivity index is 2.93. The van der Waals surface area contributed by atoms with E-state index >= 15 is 0 Å². The fraction of sp³-hybridized carbons (Fsp3) is 0.846. The number of nitrogens with zero attached hydrogens (tertiary/aromatic N) is 1. The van der Waals surface area contributed by atoms with Crippen LogP contribution >= 0.6 is 11.6 Å². The minimum absolute atomic E-state index is 0.0339. The molecule has 0 aromatic heterocycles. The molecule has 0 unspecified atom stereocenters. The third-order valence-corrected chi connectivity index (χ3v) is 3.88. The summed E-state index contributed by atoms with van der Waals surface area (Å²) in [5, 5.41) is 0. The number of esters is 1. The second-order valence-corrected chi connectivity index (χ2v) is 5.72. The van der Waals surface area contributed by atoms with Gasteiger partial charge in [0.15, 0.2) is 0 Å². The number of ether oxygens (including phenoxy) is 1. The first-order valence-corrected chi connectivity index (χ1v) is 6.86. The maximum Gasteiger partial charge on any atom is 0.347 e. The molecule has 0 saturated heterocycles. The molecule has 0 heterocycles. The number of carbonyl (C=O) groups is 2. The zero-order valence-electron chi connectivity index (χ0n) is 11.4. The number of amides is 1. The molecule has 1 atom stereocenters. The van der Waals surface area contributed by atoms with Gasteiger partial charge in [-0.1, -0.05) is 37.3 Å². The molecule has 0 aromatic rings. The van der Waals surface area contributed by atoms with E-state index in [9.17, 15) is 9.59 Å². The van der Waals surface area contributed by atoms with Crippen LogP contribution in [0.15, 0.2) is 0 Å². The molecular formula is C13H22ClNO3. The zero-order valence-corrected chi connectivity index (χ0v) is 12.1. The largest absolute Gasteiger partial charge is 0.466 e. The second kappa shape index (κ2) is 6.41. The van der Waals surface area contributed by atoms with Gasteiger partial charge >= 0.3 is 5.97 Å². The lowest BCUT2D eigenvalue weighted by Gasteiger charge is -2.39. The van der Waals surface area contributed by atoms with Gasteiger partial charge in [0.25, 0.3) is 0 Å². The quantitative estimate of drug-likeness (QED) is 0.344.